The average molecular weight is 856 g/mol. The van der Waals surface area contributed by atoms with Gasteiger partial charge in [-0.15, -0.1) is 0 Å². The Balaban J connectivity index is 3.36. The second-order valence-corrected chi connectivity index (χ2v) is 15.5. The Bertz CT molecular complexity index is 1390. The third-order valence-corrected chi connectivity index (χ3v) is 9.99. The molecular weight excluding hydrogens is 782 g/mol. The molecule has 0 unspecified atom stereocenters. The summed E-state index contributed by atoms with van der Waals surface area (Å²) in [5, 5.41) is 39.1. The maximum atomic E-state index is 14.0. The highest BCUT2D eigenvalue weighted by atomic mass is 16.4. The van der Waals surface area contributed by atoms with Crippen LogP contribution < -0.4 is 65.9 Å². The highest BCUT2D eigenvalue weighted by Gasteiger charge is 2.35. The molecule has 6 amide bonds. The van der Waals surface area contributed by atoms with Crippen LogP contribution in [0.25, 0.3) is 0 Å². The van der Waals surface area contributed by atoms with E-state index < -0.39 is 89.8 Å². The summed E-state index contributed by atoms with van der Waals surface area (Å²) in [6, 6.07) is -8.04. The zero-order valence-electron chi connectivity index (χ0n) is 35.5. The number of hydrogen-bond donors (Lipinski definition) is 14. The summed E-state index contributed by atoms with van der Waals surface area (Å²) in [7, 11) is 0. The van der Waals surface area contributed by atoms with Gasteiger partial charge < -0.3 is 76.1 Å². The molecule has 60 heavy (non-hydrogen) atoms. The van der Waals surface area contributed by atoms with Crippen LogP contribution in [-0.2, 0) is 33.6 Å². The first kappa shape index (κ1) is 53.4. The second kappa shape index (κ2) is 29.6. The number of carboxylic acid groups (broad SMARTS) is 1. The number of rotatable bonds is 31. The first-order valence-corrected chi connectivity index (χ1v) is 21.1. The molecule has 1 fully saturated rings. The van der Waals surface area contributed by atoms with Gasteiger partial charge in [0.05, 0.1) is 12.1 Å². The van der Waals surface area contributed by atoms with Gasteiger partial charge in [-0.1, -0.05) is 13.8 Å². The lowest BCUT2D eigenvalue weighted by molar-refractivity contribution is -0.143. The number of aliphatic imine (C=N–C) groups is 1. The van der Waals surface area contributed by atoms with Crippen LogP contribution in [0.3, 0.4) is 0 Å². The number of aliphatic hydroxyl groups is 1. The van der Waals surface area contributed by atoms with E-state index in [1.54, 1.807) is 13.8 Å². The number of aliphatic hydroxyl groups excluding tert-OH is 1. The van der Waals surface area contributed by atoms with Crippen molar-refractivity contribution in [3.63, 3.8) is 0 Å². The fourth-order valence-corrected chi connectivity index (χ4v) is 6.47. The van der Waals surface area contributed by atoms with Crippen molar-refractivity contribution >= 4 is 47.4 Å². The Hall–Kier alpha value is -4.64. The molecule has 0 aromatic carbocycles. The van der Waals surface area contributed by atoms with Gasteiger partial charge in [-0.3, -0.25) is 33.8 Å². The second-order valence-electron chi connectivity index (χ2n) is 15.5. The number of nitrogens with one attached hydrogen (secondary N) is 7. The molecule has 1 aliphatic heterocycles. The molecule has 344 valence electrons. The summed E-state index contributed by atoms with van der Waals surface area (Å²) in [6.45, 7) is 6.26. The molecule has 1 aliphatic rings. The molecule has 1 rings (SSSR count). The lowest BCUT2D eigenvalue weighted by Gasteiger charge is -2.28. The minimum absolute atomic E-state index is 0.0152. The molecule has 1 heterocycles. The van der Waals surface area contributed by atoms with Crippen molar-refractivity contribution in [1.82, 2.24) is 37.2 Å². The molecule has 0 aromatic heterocycles. The topological polar surface area (TPSA) is 387 Å². The summed E-state index contributed by atoms with van der Waals surface area (Å²) in [5.41, 5.74) is 27.9. The molecule has 0 aromatic rings. The Morgan fingerprint density at radius 3 is 1.42 bits per heavy atom. The van der Waals surface area contributed by atoms with Gasteiger partial charge in [0.2, 0.25) is 35.4 Å². The van der Waals surface area contributed by atoms with Crippen LogP contribution in [0.2, 0.25) is 0 Å². The zero-order valence-corrected chi connectivity index (χ0v) is 35.5. The third-order valence-electron chi connectivity index (χ3n) is 9.99. The molecule has 22 nitrogen and oxygen atoms in total. The van der Waals surface area contributed by atoms with Crippen molar-refractivity contribution in [2.45, 2.75) is 153 Å². The maximum Gasteiger partial charge on any atom is 0.326 e. The van der Waals surface area contributed by atoms with E-state index in [4.69, 9.17) is 28.7 Å². The van der Waals surface area contributed by atoms with Crippen molar-refractivity contribution in [3.8, 4) is 0 Å². The van der Waals surface area contributed by atoms with Crippen LogP contribution in [-0.4, -0.2) is 139 Å². The number of hydrogen-bond acceptors (Lipinski definition) is 13. The highest BCUT2D eigenvalue weighted by molar-refractivity contribution is 5.97. The van der Waals surface area contributed by atoms with Crippen molar-refractivity contribution in [2.75, 3.05) is 32.7 Å². The standard InChI is InChI=1S/C38H73N13O9/c1-22(2)29(37(59)60)50-34(56)26(13-5-8-18-40)47-33(55)28(16-11-21-45-38(42)43)48-32(54)25(12-4-7-17-39)49-36(58)30(23(3)52)51-35(57)27(14-6-9-19-41)46-31(53)24-15-10-20-44-24/h22-30,44,52H,4-21,39-41H2,1-3H3,(H,46,53)(H,47,55)(H,48,54)(H,49,58)(H,50,56)(H,51,57)(H,59,60)(H4,42,43,45)/t23-,24+,25+,26+,27+,28+,29+,30+/m1/s1. The van der Waals surface area contributed by atoms with Gasteiger partial charge in [0.15, 0.2) is 5.96 Å². The van der Waals surface area contributed by atoms with E-state index in [9.17, 15) is 43.8 Å². The van der Waals surface area contributed by atoms with Gasteiger partial charge in [0.1, 0.15) is 36.3 Å². The van der Waals surface area contributed by atoms with Gasteiger partial charge in [-0.25, -0.2) is 4.79 Å². The molecule has 0 spiro atoms. The predicted molar refractivity (Wildman–Crippen MR) is 225 cm³/mol. The number of carbonyl (C=O) groups is 7. The van der Waals surface area contributed by atoms with Crippen LogP contribution in [0.15, 0.2) is 4.99 Å². The smallest absolute Gasteiger partial charge is 0.326 e. The number of unbranched alkanes of at least 4 members (excludes halogenated alkanes) is 3. The van der Waals surface area contributed by atoms with Gasteiger partial charge >= 0.3 is 5.97 Å². The van der Waals surface area contributed by atoms with E-state index in [2.05, 4.69) is 42.2 Å². The third kappa shape index (κ3) is 20.6. The minimum Gasteiger partial charge on any atom is -0.480 e. The Morgan fingerprint density at radius 1 is 0.617 bits per heavy atom. The van der Waals surface area contributed by atoms with Crippen LogP contribution >= 0.6 is 0 Å². The molecule has 1 saturated heterocycles. The van der Waals surface area contributed by atoms with Gasteiger partial charge in [-0.05, 0) is 122 Å². The molecule has 8 atom stereocenters. The summed E-state index contributed by atoms with van der Waals surface area (Å²) >= 11 is 0. The predicted octanol–water partition coefficient (Wildman–Crippen LogP) is -3.79. The van der Waals surface area contributed by atoms with Crippen molar-refractivity contribution in [3.05, 3.63) is 0 Å². The van der Waals surface area contributed by atoms with E-state index >= 15 is 0 Å². The maximum absolute atomic E-state index is 14.0. The fourth-order valence-electron chi connectivity index (χ4n) is 6.47. The number of guanidine groups is 1. The number of amides is 6. The molecule has 0 aliphatic carbocycles. The molecular formula is C38H73N13O9. The van der Waals surface area contributed by atoms with E-state index in [0.29, 0.717) is 64.6 Å². The molecule has 0 radical (unpaired) electrons. The monoisotopic (exact) mass is 856 g/mol. The summed E-state index contributed by atoms with van der Waals surface area (Å²) in [6.07, 6.45) is 3.42. The number of carbonyl (C=O) groups excluding carboxylic acids is 6. The van der Waals surface area contributed by atoms with Crippen molar-refractivity contribution in [1.29, 1.82) is 0 Å². The molecule has 22 heteroatoms. The summed E-state index contributed by atoms with van der Waals surface area (Å²) in [5.74, 6) is -6.18. The average Bonchev–Trinajstić information content (AvgIpc) is 3.74. The summed E-state index contributed by atoms with van der Waals surface area (Å²) in [4.78, 5) is 97.3. The van der Waals surface area contributed by atoms with Crippen LogP contribution in [0.4, 0.5) is 0 Å². The number of carboxylic acids is 1. The van der Waals surface area contributed by atoms with E-state index in [-0.39, 0.29) is 57.1 Å². The SMILES string of the molecule is CC(C)[C@H](NC(=O)[C@H](CCCCN)NC(=O)[C@H](CCCN=C(N)N)NC(=O)[C@H](CCCCN)NC(=O)[C@@H](NC(=O)[C@H](CCCCN)NC(=O)[C@@H]1CCCN1)[C@@H](C)O)C(=O)O. The normalized spacial score (nSPS) is 17.2. The van der Waals surface area contributed by atoms with E-state index in [1.165, 1.54) is 6.92 Å². The van der Waals surface area contributed by atoms with Crippen LogP contribution in [0.1, 0.15) is 104 Å². The Labute approximate surface area is 352 Å². The highest BCUT2D eigenvalue weighted by Crippen LogP contribution is 2.11. The van der Waals surface area contributed by atoms with Gasteiger partial charge in [0.25, 0.3) is 0 Å². The van der Waals surface area contributed by atoms with E-state index in [1.807, 2.05) is 0 Å². The van der Waals surface area contributed by atoms with Crippen LogP contribution in [0.5, 0.6) is 0 Å². The quantitative estimate of drug-likeness (QED) is 0.0181. The lowest BCUT2D eigenvalue weighted by atomic mass is 10.0. The largest absolute Gasteiger partial charge is 0.480 e. The molecule has 19 N–H and O–H groups in total. The van der Waals surface area contributed by atoms with Gasteiger partial charge in [0, 0.05) is 6.54 Å². The first-order chi connectivity index (χ1) is 28.5. The molecule has 0 saturated carbocycles. The van der Waals surface area contributed by atoms with E-state index in [0.717, 1.165) is 6.42 Å². The number of aliphatic carboxylic acids is 1. The Morgan fingerprint density at radius 2 is 1.03 bits per heavy atom. The minimum atomic E-state index is -1.55. The fraction of sp³-hybridized carbons (Fsp3) is 0.789. The Kier molecular flexibility index (Phi) is 26.3. The number of nitrogens with two attached hydrogens (primary N) is 5. The van der Waals surface area contributed by atoms with Gasteiger partial charge in [-0.2, -0.15) is 0 Å². The molecule has 0 bridgehead atoms. The van der Waals surface area contributed by atoms with Crippen molar-refractivity contribution < 1.29 is 43.8 Å². The lowest BCUT2D eigenvalue weighted by Crippen LogP contribution is -2.61. The van der Waals surface area contributed by atoms with Crippen molar-refractivity contribution in [2.24, 2.45) is 39.6 Å². The summed E-state index contributed by atoms with van der Waals surface area (Å²) < 4.78 is 0. The number of nitrogens with zero attached hydrogens (tertiary/aromatic N) is 1. The first-order valence-electron chi connectivity index (χ1n) is 21.1. The van der Waals surface area contributed by atoms with Crippen LogP contribution in [0, 0.1) is 5.92 Å². The zero-order chi connectivity index (χ0) is 45.2.